The number of aromatic nitrogens is 1. The first-order valence-electron chi connectivity index (χ1n) is 6.72. The largest absolute Gasteiger partial charge is 0.461 e. The van der Waals surface area contributed by atoms with Gasteiger partial charge in [0.15, 0.2) is 5.78 Å². The Bertz CT molecular complexity index is 684. The van der Waals surface area contributed by atoms with Gasteiger partial charge in [0.2, 0.25) is 0 Å². The molecule has 0 radical (unpaired) electrons. The molecule has 1 N–H and O–H groups in total. The van der Waals surface area contributed by atoms with Crippen LogP contribution in [0.4, 0.5) is 0 Å². The van der Waals surface area contributed by atoms with E-state index in [1.54, 1.807) is 38.1 Å². The third kappa shape index (κ3) is 2.79. The normalized spacial score (nSPS) is 10.2. The number of aromatic amines is 1. The van der Waals surface area contributed by atoms with Crippen LogP contribution in [0.1, 0.15) is 44.6 Å². The van der Waals surface area contributed by atoms with Crippen LogP contribution in [0.5, 0.6) is 0 Å². The topological polar surface area (TPSA) is 59.2 Å². The smallest absolute Gasteiger partial charge is 0.355 e. The summed E-state index contributed by atoms with van der Waals surface area (Å²) in [6.07, 6.45) is 1.51. The second-order valence-electron chi connectivity index (χ2n) is 4.53. The number of ether oxygens (including phenoxy) is 1. The van der Waals surface area contributed by atoms with Gasteiger partial charge in [-0.25, -0.2) is 4.79 Å². The van der Waals surface area contributed by atoms with E-state index < -0.39 is 5.97 Å². The number of ketones is 1. The molecule has 0 unspecified atom stereocenters. The quantitative estimate of drug-likeness (QED) is 0.676. The van der Waals surface area contributed by atoms with Gasteiger partial charge in [-0.05, 0) is 13.8 Å². The van der Waals surface area contributed by atoms with Gasteiger partial charge in [-0.3, -0.25) is 4.79 Å². The van der Waals surface area contributed by atoms with E-state index in [9.17, 15) is 9.59 Å². The SMILES string of the molecule is C=Cc1c(C(=O)OCC)[nH]c(C)c1C(=O)c1ccccc1. The average Bonchev–Trinajstić information content (AvgIpc) is 2.84. The molecule has 0 bridgehead atoms. The van der Waals surface area contributed by atoms with Crippen molar-refractivity contribution < 1.29 is 14.3 Å². The molecule has 0 atom stereocenters. The molecule has 2 rings (SSSR count). The number of esters is 1. The molecule has 4 nitrogen and oxygen atoms in total. The Morgan fingerprint density at radius 2 is 1.95 bits per heavy atom. The first-order valence-corrected chi connectivity index (χ1v) is 6.72. The van der Waals surface area contributed by atoms with Crippen molar-refractivity contribution in [1.29, 1.82) is 0 Å². The van der Waals surface area contributed by atoms with Crippen molar-refractivity contribution in [2.75, 3.05) is 6.61 Å². The van der Waals surface area contributed by atoms with E-state index in [1.165, 1.54) is 6.08 Å². The molecule has 0 amide bonds. The summed E-state index contributed by atoms with van der Waals surface area (Å²) in [4.78, 5) is 27.5. The molecule has 0 aliphatic heterocycles. The summed E-state index contributed by atoms with van der Waals surface area (Å²) in [6, 6.07) is 8.93. The monoisotopic (exact) mass is 283 g/mol. The zero-order valence-electron chi connectivity index (χ0n) is 12.1. The lowest BCUT2D eigenvalue weighted by atomic mass is 9.99. The highest BCUT2D eigenvalue weighted by Crippen LogP contribution is 2.24. The number of carbonyl (C=O) groups is 2. The molecular weight excluding hydrogens is 266 g/mol. The van der Waals surface area contributed by atoms with Crippen molar-refractivity contribution in [2.45, 2.75) is 13.8 Å². The van der Waals surface area contributed by atoms with Gasteiger partial charge in [0.1, 0.15) is 5.69 Å². The number of hydrogen-bond donors (Lipinski definition) is 1. The van der Waals surface area contributed by atoms with Crippen molar-refractivity contribution >= 4 is 17.8 Å². The van der Waals surface area contributed by atoms with Crippen molar-refractivity contribution in [3.05, 3.63) is 65.0 Å². The van der Waals surface area contributed by atoms with Crippen LogP contribution < -0.4 is 0 Å². The third-order valence-corrected chi connectivity index (χ3v) is 3.17. The second-order valence-corrected chi connectivity index (χ2v) is 4.53. The minimum Gasteiger partial charge on any atom is -0.461 e. The van der Waals surface area contributed by atoms with Crippen LogP contribution in [0.15, 0.2) is 36.9 Å². The molecule has 4 heteroatoms. The predicted molar refractivity (Wildman–Crippen MR) is 81.5 cm³/mol. The lowest BCUT2D eigenvalue weighted by Gasteiger charge is -2.03. The average molecular weight is 283 g/mol. The number of rotatable bonds is 5. The summed E-state index contributed by atoms with van der Waals surface area (Å²) >= 11 is 0. The Morgan fingerprint density at radius 1 is 1.29 bits per heavy atom. The second kappa shape index (κ2) is 6.22. The molecule has 108 valence electrons. The highest BCUT2D eigenvalue weighted by atomic mass is 16.5. The summed E-state index contributed by atoms with van der Waals surface area (Å²) in [7, 11) is 0. The molecule has 0 spiro atoms. The van der Waals surface area contributed by atoms with E-state index >= 15 is 0 Å². The Kier molecular flexibility index (Phi) is 4.38. The van der Waals surface area contributed by atoms with E-state index in [0.29, 0.717) is 22.4 Å². The summed E-state index contributed by atoms with van der Waals surface area (Å²) in [5.41, 5.74) is 2.41. The molecule has 21 heavy (non-hydrogen) atoms. The lowest BCUT2D eigenvalue weighted by molar-refractivity contribution is 0.0520. The fourth-order valence-corrected chi connectivity index (χ4v) is 2.24. The Hall–Kier alpha value is -2.62. The minimum atomic E-state index is -0.484. The van der Waals surface area contributed by atoms with Gasteiger partial charge in [-0.15, -0.1) is 0 Å². The Morgan fingerprint density at radius 3 is 2.52 bits per heavy atom. The fraction of sp³-hybridized carbons (Fsp3) is 0.176. The minimum absolute atomic E-state index is 0.144. The van der Waals surface area contributed by atoms with Crippen LogP contribution >= 0.6 is 0 Å². The van der Waals surface area contributed by atoms with Gasteiger partial charge in [0.25, 0.3) is 0 Å². The van der Waals surface area contributed by atoms with E-state index in [4.69, 9.17) is 4.74 Å². The zero-order valence-corrected chi connectivity index (χ0v) is 12.1. The zero-order chi connectivity index (χ0) is 15.4. The molecule has 1 heterocycles. The number of H-pyrrole nitrogens is 1. The van der Waals surface area contributed by atoms with Gasteiger partial charge in [-0.1, -0.05) is 43.0 Å². The summed E-state index contributed by atoms with van der Waals surface area (Å²) in [5, 5.41) is 0. The molecule has 0 aliphatic carbocycles. The van der Waals surface area contributed by atoms with Crippen molar-refractivity contribution in [3.8, 4) is 0 Å². The van der Waals surface area contributed by atoms with Crippen LogP contribution in [0.2, 0.25) is 0 Å². The van der Waals surface area contributed by atoms with E-state index in [-0.39, 0.29) is 18.1 Å². The highest BCUT2D eigenvalue weighted by molar-refractivity contribution is 6.13. The maximum absolute atomic E-state index is 12.6. The number of carbonyl (C=O) groups excluding carboxylic acids is 2. The third-order valence-electron chi connectivity index (χ3n) is 3.17. The van der Waals surface area contributed by atoms with Crippen LogP contribution in [-0.4, -0.2) is 23.3 Å². The Labute approximate surface area is 123 Å². The molecule has 2 aromatic rings. The molecule has 0 fully saturated rings. The van der Waals surface area contributed by atoms with Crippen molar-refractivity contribution in [2.24, 2.45) is 0 Å². The van der Waals surface area contributed by atoms with Crippen molar-refractivity contribution in [1.82, 2.24) is 4.98 Å². The van der Waals surface area contributed by atoms with Gasteiger partial charge in [0, 0.05) is 16.8 Å². The molecule has 0 saturated carbocycles. The Balaban J connectivity index is 2.52. The van der Waals surface area contributed by atoms with Crippen LogP contribution in [0.3, 0.4) is 0 Å². The lowest BCUT2D eigenvalue weighted by Crippen LogP contribution is -2.08. The van der Waals surface area contributed by atoms with E-state index in [2.05, 4.69) is 11.6 Å². The fourth-order valence-electron chi connectivity index (χ4n) is 2.24. The molecular formula is C17H17NO3. The van der Waals surface area contributed by atoms with Gasteiger partial charge in [0.05, 0.1) is 12.2 Å². The van der Waals surface area contributed by atoms with E-state index in [1.807, 2.05) is 6.07 Å². The predicted octanol–water partition coefficient (Wildman–Crippen LogP) is 3.37. The number of aryl methyl sites for hydroxylation is 1. The highest BCUT2D eigenvalue weighted by Gasteiger charge is 2.24. The number of nitrogens with one attached hydrogen (secondary N) is 1. The van der Waals surface area contributed by atoms with Gasteiger partial charge >= 0.3 is 5.97 Å². The van der Waals surface area contributed by atoms with Gasteiger partial charge in [-0.2, -0.15) is 0 Å². The molecule has 0 saturated heterocycles. The summed E-state index contributed by atoms with van der Waals surface area (Å²) in [5.74, 6) is -0.627. The van der Waals surface area contributed by atoms with Gasteiger partial charge < -0.3 is 9.72 Å². The molecule has 1 aromatic heterocycles. The first-order chi connectivity index (χ1) is 10.1. The standard InChI is InChI=1S/C17H17NO3/c1-4-13-14(16(19)12-9-7-6-8-10-12)11(3)18-15(13)17(20)21-5-2/h4,6-10,18H,1,5H2,2-3H3. The first kappa shape index (κ1) is 14.8. The molecule has 1 aromatic carbocycles. The summed E-state index contributed by atoms with van der Waals surface area (Å²) in [6.45, 7) is 7.47. The number of hydrogen-bond acceptors (Lipinski definition) is 3. The van der Waals surface area contributed by atoms with Crippen LogP contribution in [0.25, 0.3) is 6.08 Å². The van der Waals surface area contributed by atoms with Crippen LogP contribution in [-0.2, 0) is 4.74 Å². The maximum atomic E-state index is 12.6. The van der Waals surface area contributed by atoms with E-state index in [0.717, 1.165) is 0 Å². The maximum Gasteiger partial charge on any atom is 0.355 e. The number of benzene rings is 1. The summed E-state index contributed by atoms with van der Waals surface area (Å²) < 4.78 is 4.99. The van der Waals surface area contributed by atoms with Crippen LogP contribution in [0, 0.1) is 6.92 Å². The molecule has 0 aliphatic rings. The van der Waals surface area contributed by atoms with Crippen molar-refractivity contribution in [3.63, 3.8) is 0 Å².